The Hall–Kier alpha value is -3.15. The molecule has 6 heteroatoms. The number of carbonyl (C=O) groups excluding carboxylic acids is 1. The molecule has 0 bridgehead atoms. The van der Waals surface area contributed by atoms with E-state index >= 15 is 0 Å². The van der Waals surface area contributed by atoms with Crippen molar-refractivity contribution in [3.8, 4) is 11.6 Å². The second-order valence-corrected chi connectivity index (χ2v) is 5.84. The van der Waals surface area contributed by atoms with Gasteiger partial charge in [0.25, 0.3) is 0 Å². The van der Waals surface area contributed by atoms with Crippen LogP contribution in [0.5, 0.6) is 5.75 Å². The highest BCUT2D eigenvalue weighted by Crippen LogP contribution is 2.33. The van der Waals surface area contributed by atoms with E-state index < -0.39 is 0 Å². The van der Waals surface area contributed by atoms with E-state index in [0.717, 1.165) is 17.7 Å². The maximum absolute atomic E-state index is 12.4. The molecule has 6 nitrogen and oxygen atoms in total. The fourth-order valence-corrected chi connectivity index (χ4v) is 2.93. The third kappa shape index (κ3) is 3.24. The van der Waals surface area contributed by atoms with Crippen LogP contribution in [-0.4, -0.2) is 33.7 Å². The summed E-state index contributed by atoms with van der Waals surface area (Å²) in [6.07, 6.45) is 7.50. The summed E-state index contributed by atoms with van der Waals surface area (Å²) >= 11 is 0. The number of pyridine rings is 1. The number of benzene rings is 1. The predicted molar refractivity (Wildman–Crippen MR) is 90.9 cm³/mol. The van der Waals surface area contributed by atoms with Gasteiger partial charge >= 0.3 is 5.97 Å². The molecule has 1 atom stereocenters. The van der Waals surface area contributed by atoms with E-state index in [4.69, 9.17) is 9.47 Å². The van der Waals surface area contributed by atoms with Crippen LogP contribution in [0.15, 0.2) is 61.3 Å². The zero-order valence-electron chi connectivity index (χ0n) is 13.5. The summed E-state index contributed by atoms with van der Waals surface area (Å²) in [5.41, 5.74) is 1.56. The minimum absolute atomic E-state index is 0.156. The molecule has 4 rings (SSSR count). The van der Waals surface area contributed by atoms with Crippen LogP contribution in [-0.2, 0) is 4.74 Å². The molecule has 0 aliphatic carbocycles. The molecule has 0 N–H and O–H groups in total. The molecule has 1 unspecified atom stereocenters. The first-order valence-electron chi connectivity index (χ1n) is 8.14. The van der Waals surface area contributed by atoms with Gasteiger partial charge in [-0.25, -0.2) is 14.8 Å². The molecule has 3 heterocycles. The van der Waals surface area contributed by atoms with E-state index in [1.165, 1.54) is 0 Å². The highest BCUT2D eigenvalue weighted by molar-refractivity contribution is 5.89. The van der Waals surface area contributed by atoms with Crippen LogP contribution in [0.4, 0.5) is 0 Å². The fourth-order valence-electron chi connectivity index (χ4n) is 2.93. The average Bonchev–Trinajstić information content (AvgIpc) is 3.21. The number of imidazole rings is 1. The Morgan fingerprint density at radius 3 is 3.08 bits per heavy atom. The quantitative estimate of drug-likeness (QED) is 0.686. The van der Waals surface area contributed by atoms with Gasteiger partial charge in [0.2, 0.25) is 0 Å². The molecule has 1 aliphatic rings. The number of carbonyl (C=O) groups is 1. The number of esters is 1. The monoisotopic (exact) mass is 335 g/mol. The summed E-state index contributed by atoms with van der Waals surface area (Å²) in [7, 11) is 0. The fraction of sp³-hybridized carbons (Fsp3) is 0.211. The van der Waals surface area contributed by atoms with Crippen molar-refractivity contribution in [3.05, 3.63) is 72.4 Å². The van der Waals surface area contributed by atoms with Crippen LogP contribution >= 0.6 is 0 Å². The second-order valence-electron chi connectivity index (χ2n) is 5.84. The molecule has 0 fully saturated rings. The zero-order valence-corrected chi connectivity index (χ0v) is 13.5. The number of aromatic nitrogens is 3. The minimum Gasteiger partial charge on any atom is -0.493 e. The number of para-hydroxylation sites is 1. The molecule has 126 valence electrons. The summed E-state index contributed by atoms with van der Waals surface area (Å²) in [5, 5.41) is 0. The lowest BCUT2D eigenvalue weighted by Gasteiger charge is -2.25. The Kier molecular flexibility index (Phi) is 4.16. The van der Waals surface area contributed by atoms with Gasteiger partial charge in [0.15, 0.2) is 0 Å². The Morgan fingerprint density at radius 2 is 2.20 bits per heavy atom. The van der Waals surface area contributed by atoms with Gasteiger partial charge in [-0.2, -0.15) is 0 Å². The van der Waals surface area contributed by atoms with Crippen molar-refractivity contribution in [1.82, 2.24) is 14.5 Å². The molecule has 0 saturated heterocycles. The highest BCUT2D eigenvalue weighted by Gasteiger charge is 2.22. The second kappa shape index (κ2) is 6.76. The number of ether oxygens (including phenoxy) is 2. The third-order valence-electron chi connectivity index (χ3n) is 4.25. The lowest BCUT2D eigenvalue weighted by Crippen LogP contribution is -2.20. The van der Waals surface area contributed by atoms with Crippen LogP contribution in [0.1, 0.15) is 28.3 Å². The van der Waals surface area contributed by atoms with E-state index in [9.17, 15) is 4.79 Å². The summed E-state index contributed by atoms with van der Waals surface area (Å²) in [6.45, 7) is 0.973. The third-order valence-corrected chi connectivity index (χ3v) is 4.25. The van der Waals surface area contributed by atoms with Crippen LogP contribution < -0.4 is 4.74 Å². The van der Waals surface area contributed by atoms with Crippen LogP contribution in [0.2, 0.25) is 0 Å². The van der Waals surface area contributed by atoms with Crippen molar-refractivity contribution in [3.63, 3.8) is 0 Å². The maximum Gasteiger partial charge on any atom is 0.338 e. The van der Waals surface area contributed by atoms with Crippen LogP contribution in [0.3, 0.4) is 0 Å². The van der Waals surface area contributed by atoms with Crippen LogP contribution in [0.25, 0.3) is 5.82 Å². The van der Waals surface area contributed by atoms with Crippen molar-refractivity contribution in [1.29, 1.82) is 0 Å². The Balaban J connectivity index is 1.46. The summed E-state index contributed by atoms with van der Waals surface area (Å²) in [4.78, 5) is 20.6. The van der Waals surface area contributed by atoms with Gasteiger partial charge in [0.1, 0.15) is 17.9 Å². The van der Waals surface area contributed by atoms with Gasteiger partial charge < -0.3 is 9.47 Å². The van der Waals surface area contributed by atoms with E-state index in [1.54, 1.807) is 41.6 Å². The highest BCUT2D eigenvalue weighted by atomic mass is 16.5. The molecule has 2 aromatic heterocycles. The molecule has 25 heavy (non-hydrogen) atoms. The zero-order chi connectivity index (χ0) is 17.1. The molecule has 3 aromatic rings. The Labute approximate surface area is 145 Å². The van der Waals surface area contributed by atoms with E-state index in [0.29, 0.717) is 24.6 Å². The normalized spacial score (nSPS) is 15.9. The lowest BCUT2D eigenvalue weighted by atomic mass is 9.94. The van der Waals surface area contributed by atoms with Crippen molar-refractivity contribution < 1.29 is 14.3 Å². The summed E-state index contributed by atoms with van der Waals surface area (Å²) < 4.78 is 12.9. The number of rotatable bonds is 4. The molecule has 1 aromatic carbocycles. The lowest BCUT2D eigenvalue weighted by molar-refractivity contribution is 0.0459. The number of fused-ring (bicyclic) bond motifs is 1. The van der Waals surface area contributed by atoms with Crippen molar-refractivity contribution in [2.24, 2.45) is 0 Å². The van der Waals surface area contributed by atoms with Crippen molar-refractivity contribution in [2.45, 2.75) is 12.3 Å². The van der Waals surface area contributed by atoms with Crippen molar-refractivity contribution >= 4 is 5.97 Å². The van der Waals surface area contributed by atoms with Crippen LogP contribution in [0, 0.1) is 0 Å². The standard InChI is InChI=1S/C19H17N3O3/c23-19(14-5-7-21-18(11-14)22-9-8-20-13-22)25-12-15-6-10-24-17-4-2-1-3-16(15)17/h1-5,7-9,11,13,15H,6,10,12H2. The number of hydrogen-bond acceptors (Lipinski definition) is 5. The largest absolute Gasteiger partial charge is 0.493 e. The van der Waals surface area contributed by atoms with E-state index in [2.05, 4.69) is 9.97 Å². The topological polar surface area (TPSA) is 66.2 Å². The molecular weight excluding hydrogens is 318 g/mol. The Bertz CT molecular complexity index is 877. The smallest absolute Gasteiger partial charge is 0.338 e. The predicted octanol–water partition coefficient (Wildman–Crippen LogP) is 2.99. The van der Waals surface area contributed by atoms with Gasteiger partial charge in [-0.05, 0) is 24.6 Å². The average molecular weight is 335 g/mol. The van der Waals surface area contributed by atoms with Gasteiger partial charge in [-0.1, -0.05) is 18.2 Å². The molecule has 1 aliphatic heterocycles. The van der Waals surface area contributed by atoms with Gasteiger partial charge in [-0.15, -0.1) is 0 Å². The number of hydrogen-bond donors (Lipinski definition) is 0. The molecule has 0 radical (unpaired) electrons. The first kappa shape index (κ1) is 15.4. The van der Waals surface area contributed by atoms with Gasteiger partial charge in [-0.3, -0.25) is 4.57 Å². The van der Waals surface area contributed by atoms with E-state index in [1.807, 2.05) is 24.3 Å². The first-order valence-corrected chi connectivity index (χ1v) is 8.14. The first-order chi connectivity index (χ1) is 12.3. The maximum atomic E-state index is 12.4. The minimum atomic E-state index is -0.354. The molecule has 0 amide bonds. The SMILES string of the molecule is O=C(OCC1CCOc2ccccc21)c1ccnc(-n2ccnc2)c1. The molecular formula is C19H17N3O3. The molecule has 0 spiro atoms. The van der Waals surface area contributed by atoms with Gasteiger partial charge in [0, 0.05) is 30.1 Å². The summed E-state index contributed by atoms with van der Waals surface area (Å²) in [5.74, 6) is 1.31. The van der Waals surface area contributed by atoms with E-state index in [-0.39, 0.29) is 11.9 Å². The Morgan fingerprint density at radius 1 is 1.28 bits per heavy atom. The van der Waals surface area contributed by atoms with Crippen molar-refractivity contribution in [2.75, 3.05) is 13.2 Å². The molecule has 0 saturated carbocycles. The van der Waals surface area contributed by atoms with Gasteiger partial charge in [0.05, 0.1) is 18.8 Å². The summed E-state index contributed by atoms with van der Waals surface area (Å²) in [6, 6.07) is 11.2. The number of nitrogens with zero attached hydrogens (tertiary/aromatic N) is 3.